The number of rotatable bonds is 6. The van der Waals surface area contributed by atoms with Gasteiger partial charge in [-0.3, -0.25) is 13.7 Å². The molecule has 2 heterocycles. The molecule has 3 aromatic rings. The second-order valence-electron chi connectivity index (χ2n) is 5.93. The van der Waals surface area contributed by atoms with Crippen molar-refractivity contribution < 1.29 is 21.9 Å². The Balaban J connectivity index is 2.05. The van der Waals surface area contributed by atoms with Gasteiger partial charge in [0.05, 0.1) is 17.5 Å². The molecular weight excluding hydrogens is 394 g/mol. The first-order valence-electron chi connectivity index (χ1n) is 7.79. The third kappa shape index (κ3) is 4.26. The van der Waals surface area contributed by atoms with Crippen molar-refractivity contribution in [2.45, 2.75) is 13.5 Å². The lowest BCUT2D eigenvalue weighted by atomic mass is 9.99. The smallest absolute Gasteiger partial charge is 0.264 e. The Kier molecular flexibility index (Phi) is 5.18. The van der Waals surface area contributed by atoms with E-state index >= 15 is 0 Å². The highest BCUT2D eigenvalue weighted by Gasteiger charge is 2.25. The van der Waals surface area contributed by atoms with Crippen LogP contribution in [0.4, 0.5) is 0 Å². The van der Waals surface area contributed by atoms with Crippen molar-refractivity contribution in [2.24, 2.45) is 7.05 Å². The van der Waals surface area contributed by atoms with Crippen molar-refractivity contribution in [1.82, 2.24) is 14.9 Å². The zero-order valence-corrected chi connectivity index (χ0v) is 16.3. The van der Waals surface area contributed by atoms with Gasteiger partial charge in [-0.1, -0.05) is 16.8 Å². The van der Waals surface area contributed by atoms with E-state index in [0.29, 0.717) is 27.4 Å². The second kappa shape index (κ2) is 7.26. The van der Waals surface area contributed by atoms with Crippen molar-refractivity contribution >= 4 is 27.5 Å². The summed E-state index contributed by atoms with van der Waals surface area (Å²) in [6, 6.07) is 6.45. The molecule has 3 rings (SSSR count). The van der Waals surface area contributed by atoms with Crippen molar-refractivity contribution in [2.75, 3.05) is 6.26 Å². The third-order valence-electron chi connectivity index (χ3n) is 3.76. The van der Waals surface area contributed by atoms with Crippen LogP contribution in [-0.4, -0.2) is 35.4 Å². The number of carbonyl (C=O) groups is 1. The van der Waals surface area contributed by atoms with Crippen LogP contribution < -0.4 is 0 Å². The van der Waals surface area contributed by atoms with E-state index in [0.717, 1.165) is 6.26 Å². The normalized spacial score (nSPS) is 11.7. The van der Waals surface area contributed by atoms with E-state index in [2.05, 4.69) is 10.3 Å². The Morgan fingerprint density at radius 1 is 1.30 bits per heavy atom. The van der Waals surface area contributed by atoms with Gasteiger partial charge in [0.1, 0.15) is 12.3 Å². The number of ketones is 1. The van der Waals surface area contributed by atoms with Gasteiger partial charge in [-0.25, -0.2) is 0 Å². The van der Waals surface area contributed by atoms with E-state index in [9.17, 15) is 13.2 Å². The van der Waals surface area contributed by atoms with Crippen molar-refractivity contribution in [1.29, 1.82) is 0 Å². The predicted molar refractivity (Wildman–Crippen MR) is 98.0 cm³/mol. The van der Waals surface area contributed by atoms with Crippen LogP contribution in [0.5, 0.6) is 0 Å². The monoisotopic (exact) mass is 409 g/mol. The third-order valence-corrected chi connectivity index (χ3v) is 4.56. The molecule has 2 aromatic heterocycles. The standard InChI is InChI=1S/C17H16ClN3O5S/c1-10-15(14(26-20-10)9-25-27(3,23)24)13-8-21(2)19-16(13)17(22)11-4-6-12(18)7-5-11/h4-8H,9H2,1-3H3. The summed E-state index contributed by atoms with van der Waals surface area (Å²) in [5.74, 6) is -0.117. The van der Waals surface area contributed by atoms with Crippen LogP contribution in [0, 0.1) is 6.92 Å². The van der Waals surface area contributed by atoms with Crippen LogP contribution >= 0.6 is 11.6 Å². The van der Waals surface area contributed by atoms with Crippen molar-refractivity contribution in [3.63, 3.8) is 0 Å². The number of benzene rings is 1. The number of halogens is 1. The molecule has 0 aliphatic rings. The quantitative estimate of drug-likeness (QED) is 0.455. The number of hydrogen-bond acceptors (Lipinski definition) is 7. The van der Waals surface area contributed by atoms with Crippen LogP contribution in [0.2, 0.25) is 5.02 Å². The summed E-state index contributed by atoms with van der Waals surface area (Å²) in [7, 11) is -1.99. The summed E-state index contributed by atoms with van der Waals surface area (Å²) in [4.78, 5) is 12.9. The first-order valence-corrected chi connectivity index (χ1v) is 9.99. The minimum Gasteiger partial charge on any atom is -0.358 e. The van der Waals surface area contributed by atoms with E-state index in [1.54, 1.807) is 44.4 Å². The van der Waals surface area contributed by atoms with Gasteiger partial charge in [-0.15, -0.1) is 0 Å². The summed E-state index contributed by atoms with van der Waals surface area (Å²) < 4.78 is 34.1. The second-order valence-corrected chi connectivity index (χ2v) is 8.01. The van der Waals surface area contributed by atoms with Gasteiger partial charge in [0, 0.05) is 29.4 Å². The summed E-state index contributed by atoms with van der Waals surface area (Å²) in [6.45, 7) is 1.35. The average Bonchev–Trinajstić information content (AvgIpc) is 3.14. The summed E-state index contributed by atoms with van der Waals surface area (Å²) in [5.41, 5.74) is 2.04. The maximum Gasteiger partial charge on any atom is 0.264 e. The van der Waals surface area contributed by atoms with E-state index in [1.165, 1.54) is 4.68 Å². The molecule has 0 fully saturated rings. The summed E-state index contributed by atoms with van der Waals surface area (Å²) in [5, 5.41) is 8.65. The maximum atomic E-state index is 12.9. The number of aryl methyl sites for hydroxylation is 2. The molecule has 0 N–H and O–H groups in total. The van der Waals surface area contributed by atoms with Gasteiger partial charge in [0.25, 0.3) is 10.1 Å². The van der Waals surface area contributed by atoms with Crippen LogP contribution in [0.15, 0.2) is 35.0 Å². The first kappa shape index (κ1) is 19.3. The molecule has 0 unspecified atom stereocenters. The number of carbonyl (C=O) groups excluding carboxylic acids is 1. The highest BCUT2D eigenvalue weighted by Crippen LogP contribution is 2.32. The minimum atomic E-state index is -3.67. The van der Waals surface area contributed by atoms with Gasteiger partial charge in [0.2, 0.25) is 5.78 Å². The fraction of sp³-hybridized carbons (Fsp3) is 0.235. The van der Waals surface area contributed by atoms with Crippen LogP contribution in [0.25, 0.3) is 11.1 Å². The van der Waals surface area contributed by atoms with Crippen molar-refractivity contribution in [3.05, 3.63) is 58.2 Å². The maximum absolute atomic E-state index is 12.9. The van der Waals surface area contributed by atoms with Gasteiger partial charge >= 0.3 is 0 Å². The summed E-state index contributed by atoms with van der Waals surface area (Å²) >= 11 is 5.88. The molecule has 142 valence electrons. The Morgan fingerprint density at radius 2 is 1.96 bits per heavy atom. The Hall–Kier alpha value is -2.49. The lowest BCUT2D eigenvalue weighted by Gasteiger charge is -2.04. The largest absolute Gasteiger partial charge is 0.358 e. The van der Waals surface area contributed by atoms with Crippen LogP contribution in [0.1, 0.15) is 27.5 Å². The number of nitrogens with zero attached hydrogens (tertiary/aromatic N) is 3. The number of aromatic nitrogens is 3. The fourth-order valence-electron chi connectivity index (χ4n) is 2.60. The van der Waals surface area contributed by atoms with Crippen molar-refractivity contribution in [3.8, 4) is 11.1 Å². The molecule has 0 atom stereocenters. The highest BCUT2D eigenvalue weighted by molar-refractivity contribution is 7.85. The van der Waals surface area contributed by atoms with Crippen LogP contribution in [0.3, 0.4) is 0 Å². The van der Waals surface area contributed by atoms with E-state index in [4.69, 9.17) is 20.3 Å². The fourth-order valence-corrected chi connectivity index (χ4v) is 3.05. The summed E-state index contributed by atoms with van der Waals surface area (Å²) in [6.07, 6.45) is 2.59. The molecule has 0 radical (unpaired) electrons. The minimum absolute atomic E-state index is 0.187. The first-order chi connectivity index (χ1) is 12.7. The molecule has 8 nitrogen and oxygen atoms in total. The molecule has 0 saturated carbocycles. The zero-order chi connectivity index (χ0) is 19.8. The molecule has 0 aliphatic carbocycles. The molecule has 0 spiro atoms. The Morgan fingerprint density at radius 3 is 2.59 bits per heavy atom. The predicted octanol–water partition coefficient (Wildman–Crippen LogP) is 2.74. The molecule has 0 saturated heterocycles. The molecule has 27 heavy (non-hydrogen) atoms. The topological polar surface area (TPSA) is 104 Å². The Labute approximate surface area is 160 Å². The highest BCUT2D eigenvalue weighted by atomic mass is 35.5. The molecule has 0 aliphatic heterocycles. The zero-order valence-electron chi connectivity index (χ0n) is 14.8. The Bertz CT molecular complexity index is 1100. The van der Waals surface area contributed by atoms with Crippen LogP contribution in [-0.2, 0) is 28.0 Å². The lowest BCUT2D eigenvalue weighted by molar-refractivity contribution is 0.103. The van der Waals surface area contributed by atoms with Gasteiger partial charge in [-0.05, 0) is 31.2 Å². The average molecular weight is 410 g/mol. The molecule has 10 heteroatoms. The lowest BCUT2D eigenvalue weighted by Crippen LogP contribution is -2.06. The van der Waals surface area contributed by atoms with E-state index in [-0.39, 0.29) is 23.8 Å². The van der Waals surface area contributed by atoms with Gasteiger partial charge < -0.3 is 4.52 Å². The molecule has 1 aromatic carbocycles. The molecular formula is C17H16ClN3O5S. The molecule has 0 amide bonds. The van der Waals surface area contributed by atoms with Gasteiger partial charge in [-0.2, -0.15) is 13.5 Å². The number of hydrogen-bond donors (Lipinski definition) is 0. The molecule has 0 bridgehead atoms. The SMILES string of the molecule is Cc1noc(COS(C)(=O)=O)c1-c1cn(C)nc1C(=O)c1ccc(Cl)cc1. The van der Waals surface area contributed by atoms with E-state index < -0.39 is 10.1 Å². The van der Waals surface area contributed by atoms with E-state index in [1.807, 2.05) is 0 Å². The van der Waals surface area contributed by atoms with Gasteiger partial charge in [0.15, 0.2) is 5.76 Å².